The second-order valence-corrected chi connectivity index (χ2v) is 6.33. The summed E-state index contributed by atoms with van der Waals surface area (Å²) in [6.45, 7) is 0. The van der Waals surface area contributed by atoms with Gasteiger partial charge in [-0.15, -0.1) is 0 Å². The Balaban J connectivity index is 1.83. The second-order valence-electron chi connectivity index (χ2n) is 5.35. The van der Waals surface area contributed by atoms with E-state index in [0.29, 0.717) is 4.83 Å². The van der Waals surface area contributed by atoms with Gasteiger partial charge in [-0.1, -0.05) is 28.4 Å². The highest BCUT2D eigenvalue weighted by atomic mass is 79.9. The Morgan fingerprint density at radius 3 is 2.50 bits per heavy atom. The smallest absolute Gasteiger partial charge is 0.126 e. The molecular weight excluding hydrogens is 292 g/mol. The van der Waals surface area contributed by atoms with Gasteiger partial charge in [-0.2, -0.15) is 0 Å². The molecule has 0 heterocycles. The van der Waals surface area contributed by atoms with Gasteiger partial charge in [0.2, 0.25) is 0 Å². The standard InChI is InChI=1S/C15H19BrO2/c1-17-9-6-7-12(13(8-9)18-2)15(16)14-10-4-3-5-11(10)14/h6-8,10-11,14-15H,3-5H2,1-2H3. The molecule has 0 bridgehead atoms. The molecule has 1 aromatic rings. The molecule has 0 N–H and O–H groups in total. The molecule has 2 fully saturated rings. The van der Waals surface area contributed by atoms with E-state index in [1.54, 1.807) is 14.2 Å². The summed E-state index contributed by atoms with van der Waals surface area (Å²) in [7, 11) is 3.41. The molecule has 98 valence electrons. The van der Waals surface area contributed by atoms with Gasteiger partial charge in [-0.05, 0) is 36.7 Å². The van der Waals surface area contributed by atoms with E-state index in [1.807, 2.05) is 12.1 Å². The topological polar surface area (TPSA) is 18.5 Å². The summed E-state index contributed by atoms with van der Waals surface area (Å²) in [4.78, 5) is 0.425. The van der Waals surface area contributed by atoms with Gasteiger partial charge in [0.15, 0.2) is 0 Å². The lowest BCUT2D eigenvalue weighted by Crippen LogP contribution is -2.01. The van der Waals surface area contributed by atoms with E-state index in [4.69, 9.17) is 9.47 Å². The quantitative estimate of drug-likeness (QED) is 0.776. The third-order valence-corrected chi connectivity index (χ3v) is 5.65. The third-order valence-electron chi connectivity index (χ3n) is 4.55. The number of fused-ring (bicyclic) bond motifs is 1. The van der Waals surface area contributed by atoms with E-state index in [-0.39, 0.29) is 0 Å². The average molecular weight is 311 g/mol. The summed E-state index contributed by atoms with van der Waals surface area (Å²) in [6, 6.07) is 6.12. The molecule has 2 nitrogen and oxygen atoms in total. The summed E-state index contributed by atoms with van der Waals surface area (Å²) >= 11 is 3.89. The molecule has 3 heteroatoms. The summed E-state index contributed by atoms with van der Waals surface area (Å²) in [5.74, 6) is 4.48. The minimum atomic E-state index is 0.425. The summed E-state index contributed by atoms with van der Waals surface area (Å²) < 4.78 is 10.7. The monoisotopic (exact) mass is 310 g/mol. The second kappa shape index (κ2) is 4.76. The molecular formula is C15H19BrO2. The Hall–Kier alpha value is -0.700. The van der Waals surface area contributed by atoms with Crippen molar-refractivity contribution in [3.05, 3.63) is 23.8 Å². The Kier molecular flexibility index (Phi) is 3.27. The highest BCUT2D eigenvalue weighted by Crippen LogP contribution is 2.65. The number of alkyl halides is 1. The van der Waals surface area contributed by atoms with Gasteiger partial charge in [-0.3, -0.25) is 0 Å². The van der Waals surface area contributed by atoms with Crippen molar-refractivity contribution in [1.29, 1.82) is 0 Å². The summed E-state index contributed by atoms with van der Waals surface area (Å²) in [5, 5.41) is 0. The minimum absolute atomic E-state index is 0.425. The summed E-state index contributed by atoms with van der Waals surface area (Å²) in [6.07, 6.45) is 4.25. The Morgan fingerprint density at radius 1 is 1.17 bits per heavy atom. The number of rotatable bonds is 4. The molecule has 2 saturated carbocycles. The zero-order valence-electron chi connectivity index (χ0n) is 10.9. The predicted molar refractivity (Wildman–Crippen MR) is 75.5 cm³/mol. The van der Waals surface area contributed by atoms with Gasteiger partial charge in [-0.25, -0.2) is 0 Å². The fraction of sp³-hybridized carbons (Fsp3) is 0.600. The van der Waals surface area contributed by atoms with Crippen LogP contribution in [0.5, 0.6) is 11.5 Å². The van der Waals surface area contributed by atoms with Gasteiger partial charge in [0.05, 0.1) is 14.2 Å². The van der Waals surface area contributed by atoms with Gasteiger partial charge < -0.3 is 9.47 Å². The number of hydrogen-bond acceptors (Lipinski definition) is 2. The number of hydrogen-bond donors (Lipinski definition) is 0. The summed E-state index contributed by atoms with van der Waals surface area (Å²) in [5.41, 5.74) is 1.26. The zero-order valence-corrected chi connectivity index (χ0v) is 12.4. The maximum absolute atomic E-state index is 5.50. The molecule has 0 radical (unpaired) electrons. The van der Waals surface area contributed by atoms with Crippen LogP contribution >= 0.6 is 15.9 Å². The molecule has 2 aliphatic rings. The van der Waals surface area contributed by atoms with E-state index in [9.17, 15) is 0 Å². The Morgan fingerprint density at radius 2 is 1.89 bits per heavy atom. The van der Waals surface area contributed by atoms with Crippen LogP contribution in [0, 0.1) is 17.8 Å². The van der Waals surface area contributed by atoms with Crippen LogP contribution in [0.25, 0.3) is 0 Å². The Bertz CT molecular complexity index is 436. The minimum Gasteiger partial charge on any atom is -0.497 e. The highest BCUT2D eigenvalue weighted by Gasteiger charge is 2.55. The van der Waals surface area contributed by atoms with Crippen molar-refractivity contribution in [2.24, 2.45) is 17.8 Å². The van der Waals surface area contributed by atoms with Crippen LogP contribution in [0.1, 0.15) is 29.7 Å². The van der Waals surface area contributed by atoms with E-state index < -0.39 is 0 Å². The van der Waals surface area contributed by atoms with Crippen molar-refractivity contribution in [3.8, 4) is 11.5 Å². The van der Waals surface area contributed by atoms with Crippen LogP contribution in [-0.2, 0) is 0 Å². The van der Waals surface area contributed by atoms with Gasteiger partial charge >= 0.3 is 0 Å². The largest absolute Gasteiger partial charge is 0.497 e. The fourth-order valence-corrected chi connectivity index (χ4v) is 4.73. The molecule has 0 aromatic heterocycles. The lowest BCUT2D eigenvalue weighted by molar-refractivity contribution is 0.389. The van der Waals surface area contributed by atoms with Crippen LogP contribution < -0.4 is 9.47 Å². The first kappa shape index (κ1) is 12.3. The lowest BCUT2D eigenvalue weighted by atomic mass is 10.0. The third kappa shape index (κ3) is 1.93. The first-order valence-corrected chi connectivity index (χ1v) is 7.54. The molecule has 0 amide bonds. The molecule has 3 rings (SSSR count). The van der Waals surface area contributed by atoms with Crippen molar-refractivity contribution in [2.45, 2.75) is 24.1 Å². The molecule has 3 atom stereocenters. The van der Waals surface area contributed by atoms with Gasteiger partial charge in [0, 0.05) is 16.5 Å². The molecule has 0 aliphatic heterocycles. The van der Waals surface area contributed by atoms with Crippen molar-refractivity contribution < 1.29 is 9.47 Å². The molecule has 0 spiro atoms. The van der Waals surface area contributed by atoms with E-state index in [0.717, 1.165) is 29.3 Å². The van der Waals surface area contributed by atoms with Crippen LogP contribution in [-0.4, -0.2) is 14.2 Å². The highest BCUT2D eigenvalue weighted by molar-refractivity contribution is 9.09. The van der Waals surface area contributed by atoms with E-state index in [1.165, 1.54) is 24.8 Å². The van der Waals surface area contributed by atoms with Crippen LogP contribution in [0.15, 0.2) is 18.2 Å². The average Bonchev–Trinajstić information content (AvgIpc) is 2.89. The predicted octanol–water partition coefficient (Wildman–Crippen LogP) is 4.19. The van der Waals surface area contributed by atoms with Crippen molar-refractivity contribution >= 4 is 15.9 Å². The van der Waals surface area contributed by atoms with Gasteiger partial charge in [0.25, 0.3) is 0 Å². The van der Waals surface area contributed by atoms with Crippen molar-refractivity contribution in [2.75, 3.05) is 14.2 Å². The first-order valence-electron chi connectivity index (χ1n) is 6.62. The van der Waals surface area contributed by atoms with Crippen LogP contribution in [0.4, 0.5) is 0 Å². The van der Waals surface area contributed by atoms with E-state index in [2.05, 4.69) is 22.0 Å². The van der Waals surface area contributed by atoms with Crippen molar-refractivity contribution in [3.63, 3.8) is 0 Å². The van der Waals surface area contributed by atoms with Crippen molar-refractivity contribution in [1.82, 2.24) is 0 Å². The number of methoxy groups -OCH3 is 2. The zero-order chi connectivity index (χ0) is 12.7. The lowest BCUT2D eigenvalue weighted by Gasteiger charge is -2.16. The van der Waals surface area contributed by atoms with Gasteiger partial charge in [0.1, 0.15) is 11.5 Å². The Labute approximate surface area is 117 Å². The first-order chi connectivity index (χ1) is 8.76. The normalized spacial score (nSPS) is 30.7. The number of benzene rings is 1. The van der Waals surface area contributed by atoms with Crippen LogP contribution in [0.3, 0.4) is 0 Å². The molecule has 3 unspecified atom stereocenters. The van der Waals surface area contributed by atoms with Crippen LogP contribution in [0.2, 0.25) is 0 Å². The molecule has 0 saturated heterocycles. The maximum atomic E-state index is 5.50. The number of halogens is 1. The fourth-order valence-electron chi connectivity index (χ4n) is 3.56. The molecule has 2 aliphatic carbocycles. The maximum Gasteiger partial charge on any atom is 0.126 e. The molecule has 18 heavy (non-hydrogen) atoms. The number of ether oxygens (including phenoxy) is 2. The molecule has 1 aromatic carbocycles. The SMILES string of the molecule is COc1ccc(C(Br)C2C3CCCC32)c(OC)c1. The van der Waals surface area contributed by atoms with E-state index >= 15 is 0 Å².